The molecule has 2 fully saturated rings. The lowest BCUT2D eigenvalue weighted by molar-refractivity contribution is -0.143. The van der Waals surface area contributed by atoms with Gasteiger partial charge in [0.05, 0.1) is 6.04 Å². The van der Waals surface area contributed by atoms with E-state index >= 15 is 0 Å². The number of alkyl halides is 2. The Morgan fingerprint density at radius 3 is 2.47 bits per heavy atom. The number of carbonyl (C=O) groups excluding carboxylic acids is 5. The molecule has 0 aliphatic carbocycles. The topological polar surface area (TPSA) is 215 Å². The second kappa shape index (κ2) is 15.4. The van der Waals surface area contributed by atoms with Gasteiger partial charge in [0.15, 0.2) is 5.78 Å². The highest BCUT2D eigenvalue weighted by molar-refractivity contribution is 7.52. The molecule has 5 rings (SSSR count). The Balaban J connectivity index is 1.32. The van der Waals surface area contributed by atoms with Crippen LogP contribution in [-0.4, -0.2) is 98.3 Å². The van der Waals surface area contributed by atoms with Crippen molar-refractivity contribution in [1.29, 1.82) is 0 Å². The van der Waals surface area contributed by atoms with Crippen LogP contribution in [0.1, 0.15) is 60.1 Å². The van der Waals surface area contributed by atoms with Crippen molar-refractivity contribution in [2.24, 2.45) is 5.73 Å². The fraction of sp³-hybridized carbons (Fsp3) is 0.441. The molecule has 14 nitrogen and oxygen atoms in total. The normalized spacial score (nSPS) is 20.7. The number of aromatic nitrogens is 1. The summed E-state index contributed by atoms with van der Waals surface area (Å²) < 4.78 is 40.0. The molecule has 0 bridgehead atoms. The van der Waals surface area contributed by atoms with Crippen LogP contribution in [-0.2, 0) is 35.8 Å². The minimum Gasteiger partial charge on any atom is -0.370 e. The van der Waals surface area contributed by atoms with E-state index in [0.717, 1.165) is 17.7 Å². The van der Waals surface area contributed by atoms with E-state index in [1.54, 1.807) is 7.05 Å². The molecule has 2 saturated heterocycles. The molecule has 0 saturated carbocycles. The van der Waals surface area contributed by atoms with Crippen molar-refractivity contribution in [3.63, 3.8) is 0 Å². The summed E-state index contributed by atoms with van der Waals surface area (Å²) in [6.07, 6.45) is 1.82. The van der Waals surface area contributed by atoms with Crippen LogP contribution in [0.4, 0.5) is 8.78 Å². The maximum absolute atomic E-state index is 14.3. The van der Waals surface area contributed by atoms with Gasteiger partial charge < -0.3 is 40.9 Å². The van der Waals surface area contributed by atoms with E-state index in [1.807, 2.05) is 35.2 Å². The molecular weight excluding hydrogens is 689 g/mol. The number of aromatic amines is 1. The molecule has 2 aliphatic rings. The number of carbonyl (C=O) groups is 5. The lowest BCUT2D eigenvalue weighted by Crippen LogP contribution is -2.61. The third kappa shape index (κ3) is 8.70. The summed E-state index contributed by atoms with van der Waals surface area (Å²) in [4.78, 5) is 90.6. The molecule has 4 atom stereocenters. The largest absolute Gasteiger partial charge is 0.399 e. The van der Waals surface area contributed by atoms with Crippen LogP contribution in [0.3, 0.4) is 0 Å². The van der Waals surface area contributed by atoms with Gasteiger partial charge in [-0.2, -0.15) is 8.78 Å². The fourth-order valence-corrected chi connectivity index (χ4v) is 7.17. The zero-order valence-electron chi connectivity index (χ0n) is 27.9. The first-order valence-electron chi connectivity index (χ1n) is 16.6. The lowest BCUT2D eigenvalue weighted by atomic mass is 9.99. The van der Waals surface area contributed by atoms with E-state index in [-0.39, 0.29) is 54.2 Å². The molecule has 0 radical (unpaired) electrons. The number of ketones is 1. The lowest BCUT2D eigenvalue weighted by Gasteiger charge is -2.38. The summed E-state index contributed by atoms with van der Waals surface area (Å²) in [7, 11) is -4.03. The predicted molar refractivity (Wildman–Crippen MR) is 181 cm³/mol. The average Bonchev–Trinajstić information content (AvgIpc) is 3.71. The second-order valence-electron chi connectivity index (χ2n) is 13.2. The third-order valence-corrected chi connectivity index (χ3v) is 10.5. The smallest absolute Gasteiger partial charge is 0.370 e. The molecule has 1 aromatic heterocycles. The maximum Gasteiger partial charge on any atom is 0.399 e. The number of nitrogens with one attached hydrogen (secondary N) is 3. The summed E-state index contributed by atoms with van der Waals surface area (Å²) in [5.41, 5.74) is 1.08. The first-order valence-corrected chi connectivity index (χ1v) is 18.2. The quantitative estimate of drug-likeness (QED) is 0.142. The first-order chi connectivity index (χ1) is 24.0. The number of amides is 4. The molecule has 2 aromatic carbocycles. The number of nitrogens with two attached hydrogens (primary N) is 1. The Bertz CT molecular complexity index is 1850. The van der Waals surface area contributed by atoms with Gasteiger partial charge in [0.1, 0.15) is 17.8 Å². The molecule has 17 heteroatoms. The number of fused-ring (bicyclic) bond motifs is 2. The van der Waals surface area contributed by atoms with Gasteiger partial charge in [-0.05, 0) is 69.5 Å². The van der Waals surface area contributed by atoms with Crippen LogP contribution in [0.15, 0.2) is 54.6 Å². The van der Waals surface area contributed by atoms with E-state index in [1.165, 1.54) is 17.0 Å². The zero-order valence-corrected chi connectivity index (χ0v) is 28.8. The van der Waals surface area contributed by atoms with E-state index in [9.17, 15) is 37.3 Å². The van der Waals surface area contributed by atoms with E-state index < -0.39 is 60.6 Å². The Morgan fingerprint density at radius 1 is 1.06 bits per heavy atom. The number of rotatable bonds is 13. The Hall–Kier alpha value is -4.50. The zero-order chi connectivity index (χ0) is 37.1. The highest BCUT2D eigenvalue weighted by Crippen LogP contribution is 2.59. The van der Waals surface area contributed by atoms with Crippen molar-refractivity contribution in [3.05, 3.63) is 71.4 Å². The van der Waals surface area contributed by atoms with Crippen LogP contribution >= 0.6 is 7.60 Å². The Morgan fingerprint density at radius 2 is 1.78 bits per heavy atom. The Labute approximate surface area is 292 Å². The van der Waals surface area contributed by atoms with Gasteiger partial charge in [-0.15, -0.1) is 0 Å². The van der Waals surface area contributed by atoms with Crippen molar-refractivity contribution < 1.29 is 47.1 Å². The number of hydrogen-bond donors (Lipinski definition) is 6. The highest BCUT2D eigenvalue weighted by atomic mass is 31.2. The van der Waals surface area contributed by atoms with E-state index in [0.29, 0.717) is 32.2 Å². The van der Waals surface area contributed by atoms with Gasteiger partial charge in [0.2, 0.25) is 17.7 Å². The summed E-state index contributed by atoms with van der Waals surface area (Å²) >= 11 is 0. The van der Waals surface area contributed by atoms with Crippen molar-refractivity contribution in [2.45, 2.75) is 74.8 Å². The second-order valence-corrected chi connectivity index (χ2v) is 14.8. The van der Waals surface area contributed by atoms with Gasteiger partial charge in [-0.3, -0.25) is 28.5 Å². The average molecular weight is 731 g/mol. The minimum atomic E-state index is -5.82. The minimum absolute atomic E-state index is 0.00517. The van der Waals surface area contributed by atoms with E-state index in [2.05, 4.69) is 15.6 Å². The number of H-pyrrole nitrogens is 1. The van der Waals surface area contributed by atoms with Gasteiger partial charge in [0, 0.05) is 41.9 Å². The van der Waals surface area contributed by atoms with Crippen LogP contribution in [0.25, 0.3) is 10.9 Å². The fourth-order valence-electron chi connectivity index (χ4n) is 6.70. The molecule has 274 valence electrons. The maximum atomic E-state index is 14.3. The molecule has 2 aliphatic heterocycles. The van der Waals surface area contributed by atoms with Crippen molar-refractivity contribution in [2.75, 3.05) is 20.1 Å². The summed E-state index contributed by atoms with van der Waals surface area (Å²) in [5.74, 6) is -2.70. The number of Topliss-reactive ketones (excluding diaryl/α,β-unsaturated/α-hetero) is 1. The van der Waals surface area contributed by atoms with Crippen molar-refractivity contribution in [3.8, 4) is 0 Å². The number of likely N-dealkylation sites (N-methyl/N-ethyl adjacent to an activating group) is 1. The molecule has 51 heavy (non-hydrogen) atoms. The van der Waals surface area contributed by atoms with Gasteiger partial charge in [0.25, 0.3) is 5.91 Å². The molecular formula is C34H41F2N6O8P. The van der Waals surface area contributed by atoms with Gasteiger partial charge in [-0.1, -0.05) is 36.4 Å². The third-order valence-electron chi connectivity index (χ3n) is 9.47. The summed E-state index contributed by atoms with van der Waals surface area (Å²) in [6.45, 7) is 0.650. The monoisotopic (exact) mass is 730 g/mol. The van der Waals surface area contributed by atoms with Crippen molar-refractivity contribution in [1.82, 2.24) is 25.4 Å². The molecule has 0 spiro atoms. The van der Waals surface area contributed by atoms with E-state index in [4.69, 9.17) is 15.5 Å². The number of aryl methyl sites for hydroxylation is 1. The summed E-state index contributed by atoms with van der Waals surface area (Å²) in [5, 5.41) is 5.56. The molecule has 3 heterocycles. The number of benzene rings is 2. The first kappa shape index (κ1) is 37.7. The van der Waals surface area contributed by atoms with Gasteiger partial charge in [-0.25, -0.2) is 0 Å². The number of hydrogen-bond acceptors (Lipinski definition) is 7. The highest BCUT2D eigenvalue weighted by Gasteiger charge is 2.50. The van der Waals surface area contributed by atoms with Crippen LogP contribution < -0.4 is 16.4 Å². The molecule has 7 N–H and O–H groups in total. The molecule has 0 unspecified atom stereocenters. The summed E-state index contributed by atoms with van der Waals surface area (Å²) in [6, 6.07) is 10.1. The standard InChI is InChI=1S/C34H41F2N6O8P/c1-41-16-15-23-9-12-28(32(46)39-25(11-14-30(37)44)29(43)13-7-20-5-3-2-4-6-20)42(23)33(47)27(19-41)40-31(45)26-18-21-17-22(8-10-24(21)38-26)34(35,36)51(48,49)50/h2-6,8,10,17-18,23,25,27-28,38H,7,9,11-16,19H2,1H3,(H2,37,44)(H,39,46)(H,40,45)(H2,48,49,50)/t23-,25+,27+,28+/m1/s1. The van der Waals surface area contributed by atoms with Crippen LogP contribution in [0.2, 0.25) is 0 Å². The Kier molecular flexibility index (Phi) is 11.4. The number of primary amides is 1. The van der Waals surface area contributed by atoms with Gasteiger partial charge >= 0.3 is 13.3 Å². The van der Waals surface area contributed by atoms with Crippen LogP contribution in [0, 0.1) is 0 Å². The molecule has 4 amide bonds. The SMILES string of the molecule is CN1CC[C@H]2CC[C@@H](C(=O)N[C@@H](CCC(N)=O)C(=O)CCc3ccccc3)N2C(=O)[C@@H](NC(=O)c2cc3cc(C(F)(F)P(=O)(O)O)ccc3[nH]2)C1. The van der Waals surface area contributed by atoms with Crippen LogP contribution in [0.5, 0.6) is 0 Å². The van der Waals surface area contributed by atoms with Crippen molar-refractivity contribution >= 4 is 47.9 Å². The molecule has 3 aromatic rings. The predicted octanol–water partition coefficient (Wildman–Crippen LogP) is 2.14. The number of halogens is 2. The number of nitrogens with zero attached hydrogens (tertiary/aromatic N) is 2.